The van der Waals surface area contributed by atoms with Gasteiger partial charge < -0.3 is 4.74 Å². The predicted molar refractivity (Wildman–Crippen MR) is 132 cm³/mol. The summed E-state index contributed by atoms with van der Waals surface area (Å²) in [6.07, 6.45) is 1.51. The number of carbonyl (C=O) groups is 1. The van der Waals surface area contributed by atoms with Crippen LogP contribution in [0.4, 0.5) is 0 Å². The fourth-order valence-corrected chi connectivity index (χ4v) is 4.10. The van der Waals surface area contributed by atoms with Crippen molar-refractivity contribution in [3.63, 3.8) is 0 Å². The highest BCUT2D eigenvalue weighted by Gasteiger charge is 2.15. The summed E-state index contributed by atoms with van der Waals surface area (Å²) < 4.78 is 6.70. The van der Waals surface area contributed by atoms with Gasteiger partial charge in [0.05, 0.1) is 35.7 Å². The third-order valence-corrected chi connectivity index (χ3v) is 5.83. The van der Waals surface area contributed by atoms with Crippen LogP contribution in [-0.2, 0) is 4.79 Å². The minimum Gasteiger partial charge on any atom is -0.497 e. The maximum absolute atomic E-state index is 13.2. The van der Waals surface area contributed by atoms with E-state index in [-0.39, 0.29) is 17.2 Å². The van der Waals surface area contributed by atoms with Crippen LogP contribution in [0.25, 0.3) is 16.6 Å². The molecule has 4 aromatic rings. The van der Waals surface area contributed by atoms with Gasteiger partial charge in [0.25, 0.3) is 11.5 Å². The number of rotatable bonds is 7. The first-order chi connectivity index (χ1) is 16.0. The number of thioether (sulfide) groups is 1. The van der Waals surface area contributed by atoms with E-state index in [2.05, 4.69) is 15.5 Å². The number of hydrogen-bond donors (Lipinski definition) is 1. The Morgan fingerprint density at radius 2 is 1.94 bits per heavy atom. The number of amides is 1. The molecule has 0 fully saturated rings. The third kappa shape index (κ3) is 5.42. The van der Waals surface area contributed by atoms with E-state index >= 15 is 0 Å². The number of hydrazone groups is 1. The lowest BCUT2D eigenvalue weighted by Gasteiger charge is -2.13. The molecule has 3 aromatic carbocycles. The molecule has 1 N–H and O–H groups in total. The van der Waals surface area contributed by atoms with Crippen LogP contribution in [0.3, 0.4) is 0 Å². The van der Waals surface area contributed by atoms with Crippen molar-refractivity contribution in [2.24, 2.45) is 5.10 Å². The Morgan fingerprint density at radius 3 is 2.70 bits per heavy atom. The zero-order valence-electron chi connectivity index (χ0n) is 17.6. The molecule has 1 amide bonds. The Labute approximate surface area is 199 Å². The number of nitrogens with zero attached hydrogens (tertiary/aromatic N) is 3. The van der Waals surface area contributed by atoms with Crippen molar-refractivity contribution in [1.82, 2.24) is 15.0 Å². The molecule has 0 aliphatic carbocycles. The number of methoxy groups -OCH3 is 1. The van der Waals surface area contributed by atoms with Crippen LogP contribution < -0.4 is 15.7 Å². The lowest BCUT2D eigenvalue weighted by molar-refractivity contribution is -0.118. The van der Waals surface area contributed by atoms with Gasteiger partial charge in [-0.1, -0.05) is 47.6 Å². The van der Waals surface area contributed by atoms with Crippen LogP contribution in [0.5, 0.6) is 5.75 Å². The van der Waals surface area contributed by atoms with Crippen molar-refractivity contribution in [1.29, 1.82) is 0 Å². The molecule has 0 spiro atoms. The molecule has 0 aliphatic heterocycles. The summed E-state index contributed by atoms with van der Waals surface area (Å²) in [4.78, 5) is 30.2. The SMILES string of the molecule is COc1ccc(-n2c(SCC(=O)N/N=C\c3cccc(Cl)c3)nc3ccccc3c2=O)cc1. The molecular formula is C24H19ClN4O3S. The monoisotopic (exact) mass is 478 g/mol. The summed E-state index contributed by atoms with van der Waals surface area (Å²) in [6.45, 7) is 0. The van der Waals surface area contributed by atoms with Crippen molar-refractivity contribution in [2.75, 3.05) is 12.9 Å². The predicted octanol–water partition coefficient (Wildman–Crippen LogP) is 4.29. The molecule has 0 unspecified atom stereocenters. The van der Waals surface area contributed by atoms with Gasteiger partial charge >= 0.3 is 0 Å². The summed E-state index contributed by atoms with van der Waals surface area (Å²) in [5.74, 6) is 0.363. The van der Waals surface area contributed by atoms with E-state index in [9.17, 15) is 9.59 Å². The molecule has 1 aromatic heterocycles. The lowest BCUT2D eigenvalue weighted by Crippen LogP contribution is -2.24. The number of ether oxygens (including phenoxy) is 1. The molecule has 9 heteroatoms. The van der Waals surface area contributed by atoms with Gasteiger partial charge in [0.2, 0.25) is 0 Å². The molecule has 4 rings (SSSR count). The first-order valence-electron chi connectivity index (χ1n) is 9.91. The molecule has 0 saturated carbocycles. The van der Waals surface area contributed by atoms with E-state index in [4.69, 9.17) is 16.3 Å². The number of hydrogen-bond acceptors (Lipinski definition) is 6. The lowest BCUT2D eigenvalue weighted by atomic mass is 10.2. The topological polar surface area (TPSA) is 85.6 Å². The smallest absolute Gasteiger partial charge is 0.266 e. The summed E-state index contributed by atoms with van der Waals surface area (Å²) >= 11 is 7.10. The summed E-state index contributed by atoms with van der Waals surface area (Å²) in [7, 11) is 1.58. The molecule has 0 radical (unpaired) electrons. The van der Waals surface area contributed by atoms with Gasteiger partial charge in [-0.05, 0) is 54.1 Å². The summed E-state index contributed by atoms with van der Waals surface area (Å²) in [5, 5.41) is 5.44. The number of carbonyl (C=O) groups excluding carboxylic acids is 1. The van der Waals surface area contributed by atoms with E-state index in [1.54, 1.807) is 67.8 Å². The molecule has 7 nitrogen and oxygen atoms in total. The second kappa shape index (κ2) is 10.3. The van der Waals surface area contributed by atoms with Crippen molar-refractivity contribution in [2.45, 2.75) is 5.16 Å². The van der Waals surface area contributed by atoms with Gasteiger partial charge in [0, 0.05) is 5.02 Å². The van der Waals surface area contributed by atoms with Crippen LogP contribution in [0.1, 0.15) is 5.56 Å². The van der Waals surface area contributed by atoms with E-state index in [1.165, 1.54) is 10.8 Å². The van der Waals surface area contributed by atoms with Crippen molar-refractivity contribution < 1.29 is 9.53 Å². The molecular weight excluding hydrogens is 460 g/mol. The van der Waals surface area contributed by atoms with Crippen LogP contribution in [-0.4, -0.2) is 34.5 Å². The van der Waals surface area contributed by atoms with Crippen LogP contribution in [0.15, 0.2) is 87.8 Å². The fourth-order valence-electron chi connectivity index (χ4n) is 3.10. The number of benzene rings is 3. The van der Waals surface area contributed by atoms with Gasteiger partial charge in [-0.25, -0.2) is 10.4 Å². The van der Waals surface area contributed by atoms with Gasteiger partial charge in [-0.3, -0.25) is 14.2 Å². The minimum atomic E-state index is -0.332. The average molecular weight is 479 g/mol. The van der Waals surface area contributed by atoms with E-state index in [0.717, 1.165) is 17.3 Å². The van der Waals surface area contributed by atoms with Gasteiger partial charge in [0.15, 0.2) is 5.16 Å². The zero-order chi connectivity index (χ0) is 23.2. The first-order valence-corrected chi connectivity index (χ1v) is 11.3. The quantitative estimate of drug-likeness (QED) is 0.185. The van der Waals surface area contributed by atoms with Gasteiger partial charge in [-0.15, -0.1) is 0 Å². The Morgan fingerprint density at radius 1 is 1.15 bits per heavy atom. The van der Waals surface area contributed by atoms with Crippen molar-refractivity contribution in [3.05, 3.63) is 93.7 Å². The number of nitrogens with one attached hydrogen (secondary N) is 1. The molecule has 1 heterocycles. The average Bonchev–Trinajstić information content (AvgIpc) is 2.83. The van der Waals surface area contributed by atoms with E-state index in [1.807, 2.05) is 12.1 Å². The molecule has 0 atom stereocenters. The molecule has 0 aliphatic rings. The summed E-state index contributed by atoms with van der Waals surface area (Å²) in [6, 6.07) is 21.3. The normalized spacial score (nSPS) is 11.1. The minimum absolute atomic E-state index is 0.0216. The van der Waals surface area contributed by atoms with Crippen molar-refractivity contribution >= 4 is 46.4 Å². The van der Waals surface area contributed by atoms with Crippen LogP contribution >= 0.6 is 23.4 Å². The third-order valence-electron chi connectivity index (χ3n) is 4.66. The van der Waals surface area contributed by atoms with Crippen LogP contribution in [0.2, 0.25) is 5.02 Å². The maximum Gasteiger partial charge on any atom is 0.266 e. The Bertz CT molecular complexity index is 1390. The zero-order valence-corrected chi connectivity index (χ0v) is 19.1. The highest BCUT2D eigenvalue weighted by molar-refractivity contribution is 7.99. The maximum atomic E-state index is 13.2. The summed E-state index contributed by atoms with van der Waals surface area (Å²) in [5.41, 5.74) is 4.22. The fraction of sp³-hybridized carbons (Fsp3) is 0.0833. The molecule has 166 valence electrons. The first kappa shape index (κ1) is 22.6. The highest BCUT2D eigenvalue weighted by Crippen LogP contribution is 2.22. The number of halogens is 1. The van der Waals surface area contributed by atoms with Crippen LogP contribution in [0, 0.1) is 0 Å². The second-order valence-electron chi connectivity index (χ2n) is 6.89. The second-order valence-corrected chi connectivity index (χ2v) is 8.27. The van der Waals surface area contributed by atoms with Gasteiger partial charge in [0.1, 0.15) is 5.75 Å². The highest BCUT2D eigenvalue weighted by atomic mass is 35.5. The van der Waals surface area contributed by atoms with Crippen molar-refractivity contribution in [3.8, 4) is 11.4 Å². The largest absolute Gasteiger partial charge is 0.497 e. The molecule has 0 bridgehead atoms. The number of aromatic nitrogens is 2. The standard InChI is InChI=1S/C24H19ClN4O3S/c1-32-19-11-9-18(10-12-19)29-23(31)20-7-2-3-8-21(20)27-24(29)33-15-22(30)28-26-14-16-5-4-6-17(25)13-16/h2-14H,15H2,1H3,(H,28,30)/b26-14-. The Balaban J connectivity index is 1.57. The molecule has 33 heavy (non-hydrogen) atoms. The number of para-hydroxylation sites is 1. The van der Waals surface area contributed by atoms with E-state index < -0.39 is 0 Å². The Hall–Kier alpha value is -3.62. The molecule has 0 saturated heterocycles. The number of fused-ring (bicyclic) bond motifs is 1. The van der Waals surface area contributed by atoms with E-state index in [0.29, 0.717) is 32.5 Å². The van der Waals surface area contributed by atoms with Gasteiger partial charge in [-0.2, -0.15) is 5.10 Å². The Kier molecular flexibility index (Phi) is 7.07.